The van der Waals surface area contributed by atoms with Crippen molar-refractivity contribution in [1.29, 1.82) is 0 Å². The largest absolute Gasteiger partial charge is 0.384 e. The SMILES string of the molecule is Clc1ccc2c(NCCCCNC3CCC4(CC3)OOC3(c5ccccc5)CC(c5ccccc5)=CC3O4)ccnc2c1. The third kappa shape index (κ3) is 5.95. The van der Waals surface area contributed by atoms with Gasteiger partial charge in [-0.2, -0.15) is 0 Å². The second-order valence-corrected chi connectivity index (χ2v) is 12.4. The molecule has 222 valence electrons. The molecule has 4 aromatic rings. The van der Waals surface area contributed by atoms with Crippen LogP contribution in [0.1, 0.15) is 56.1 Å². The smallest absolute Gasteiger partial charge is 0.202 e. The minimum absolute atomic E-state index is 0.203. The normalized spacial score (nSPS) is 26.8. The molecule has 3 aromatic carbocycles. The number of nitrogens with zero attached hydrogens (tertiary/aromatic N) is 1. The Labute approximate surface area is 258 Å². The van der Waals surface area contributed by atoms with Gasteiger partial charge in [0, 0.05) is 54.1 Å². The molecule has 1 saturated carbocycles. The molecule has 0 bridgehead atoms. The molecule has 2 heterocycles. The summed E-state index contributed by atoms with van der Waals surface area (Å²) >= 11 is 6.13. The zero-order valence-electron chi connectivity index (χ0n) is 24.3. The lowest BCUT2D eigenvalue weighted by Gasteiger charge is -2.49. The number of hydrogen-bond acceptors (Lipinski definition) is 6. The van der Waals surface area contributed by atoms with E-state index in [1.165, 1.54) is 11.1 Å². The first-order valence-corrected chi connectivity index (χ1v) is 15.9. The average molecular weight is 596 g/mol. The number of hydrogen-bond donors (Lipinski definition) is 2. The summed E-state index contributed by atoms with van der Waals surface area (Å²) in [6.45, 7) is 1.91. The number of ether oxygens (including phenoxy) is 1. The van der Waals surface area contributed by atoms with Gasteiger partial charge in [-0.25, -0.2) is 9.78 Å². The predicted octanol–water partition coefficient (Wildman–Crippen LogP) is 8.04. The molecule has 2 atom stereocenters. The van der Waals surface area contributed by atoms with Gasteiger partial charge in [0.15, 0.2) is 5.60 Å². The summed E-state index contributed by atoms with van der Waals surface area (Å²) in [6.07, 6.45) is 10.4. The molecule has 2 N–H and O–H groups in total. The van der Waals surface area contributed by atoms with E-state index >= 15 is 0 Å². The van der Waals surface area contributed by atoms with E-state index in [0.29, 0.717) is 17.5 Å². The molecular weight excluding hydrogens is 558 g/mol. The van der Waals surface area contributed by atoms with Gasteiger partial charge in [0.25, 0.3) is 0 Å². The first kappa shape index (κ1) is 28.5. The van der Waals surface area contributed by atoms with Crippen LogP contribution in [-0.4, -0.2) is 36.0 Å². The highest BCUT2D eigenvalue weighted by molar-refractivity contribution is 6.31. The standard InChI is InChI=1S/C36H38ClN3O3/c37-29-13-14-31-32(17-22-40-33(31)24-29)39-21-8-7-20-38-30-15-18-35(19-16-30)41-34-23-27(26-9-3-1-4-10-26)25-36(34,43-42-35)28-11-5-2-6-12-28/h1-6,9-14,17,22-24,30,34,38H,7-8,15-16,18-21,25H2,(H,39,40). The minimum Gasteiger partial charge on any atom is -0.384 e. The van der Waals surface area contributed by atoms with Crippen LogP contribution in [0.15, 0.2) is 97.2 Å². The average Bonchev–Trinajstić information content (AvgIpc) is 3.44. The second-order valence-electron chi connectivity index (χ2n) is 12.0. The van der Waals surface area contributed by atoms with Crippen molar-refractivity contribution in [2.45, 2.75) is 68.5 Å². The number of fused-ring (bicyclic) bond motifs is 2. The fourth-order valence-electron chi connectivity index (χ4n) is 6.77. The van der Waals surface area contributed by atoms with Crippen molar-refractivity contribution < 1.29 is 14.5 Å². The van der Waals surface area contributed by atoms with Crippen LogP contribution >= 0.6 is 11.6 Å². The van der Waals surface area contributed by atoms with Gasteiger partial charge < -0.3 is 15.4 Å². The van der Waals surface area contributed by atoms with Crippen molar-refractivity contribution in [3.8, 4) is 0 Å². The highest BCUT2D eigenvalue weighted by atomic mass is 35.5. The summed E-state index contributed by atoms with van der Waals surface area (Å²) in [6, 6.07) is 29.2. The number of benzene rings is 3. The van der Waals surface area contributed by atoms with E-state index in [2.05, 4.69) is 76.3 Å². The Hall–Kier alpha value is -3.26. The highest BCUT2D eigenvalue weighted by Crippen LogP contribution is 2.53. The van der Waals surface area contributed by atoms with Crippen molar-refractivity contribution in [3.05, 3.63) is 113 Å². The zero-order chi connectivity index (χ0) is 29.1. The number of rotatable bonds is 9. The maximum Gasteiger partial charge on any atom is 0.202 e. The lowest BCUT2D eigenvalue weighted by molar-refractivity contribution is -0.531. The van der Waals surface area contributed by atoms with Gasteiger partial charge in [0.1, 0.15) is 6.10 Å². The summed E-state index contributed by atoms with van der Waals surface area (Å²) in [5.41, 5.74) is 4.87. The van der Waals surface area contributed by atoms with Gasteiger partial charge in [0.05, 0.1) is 5.52 Å². The lowest BCUT2D eigenvalue weighted by Crippen LogP contribution is -2.56. The molecular formula is C36H38ClN3O3. The molecule has 1 spiro atoms. The second kappa shape index (κ2) is 12.4. The van der Waals surface area contributed by atoms with Gasteiger partial charge >= 0.3 is 0 Å². The number of halogens is 1. The summed E-state index contributed by atoms with van der Waals surface area (Å²) in [5.74, 6) is -0.703. The Morgan fingerprint density at radius 3 is 2.44 bits per heavy atom. The van der Waals surface area contributed by atoms with Gasteiger partial charge in [-0.3, -0.25) is 4.98 Å². The van der Waals surface area contributed by atoms with Crippen LogP contribution in [0.25, 0.3) is 16.5 Å². The van der Waals surface area contributed by atoms with E-state index in [1.54, 1.807) is 0 Å². The molecule has 0 amide bonds. The highest BCUT2D eigenvalue weighted by Gasteiger charge is 2.57. The van der Waals surface area contributed by atoms with Crippen molar-refractivity contribution in [2.24, 2.45) is 0 Å². The molecule has 7 rings (SSSR count). The first-order chi connectivity index (χ1) is 21.1. The maximum atomic E-state index is 6.86. The number of unbranched alkanes of at least 4 members (excludes halogenated alkanes) is 1. The van der Waals surface area contributed by atoms with E-state index in [4.69, 9.17) is 26.1 Å². The molecule has 7 heteroatoms. The summed E-state index contributed by atoms with van der Waals surface area (Å²) in [5, 5.41) is 9.15. The molecule has 1 aliphatic heterocycles. The summed E-state index contributed by atoms with van der Waals surface area (Å²) in [7, 11) is 0. The van der Waals surface area contributed by atoms with E-state index in [-0.39, 0.29) is 6.10 Å². The third-order valence-electron chi connectivity index (χ3n) is 9.16. The summed E-state index contributed by atoms with van der Waals surface area (Å²) in [4.78, 5) is 17.1. The Bertz CT molecular complexity index is 1570. The van der Waals surface area contributed by atoms with Gasteiger partial charge in [0.2, 0.25) is 5.79 Å². The molecule has 1 aromatic heterocycles. The van der Waals surface area contributed by atoms with Gasteiger partial charge in [-0.15, -0.1) is 0 Å². The summed E-state index contributed by atoms with van der Waals surface area (Å²) < 4.78 is 6.86. The monoisotopic (exact) mass is 595 g/mol. The van der Waals surface area contributed by atoms with Crippen molar-refractivity contribution in [2.75, 3.05) is 18.4 Å². The Kier molecular flexibility index (Phi) is 8.21. The van der Waals surface area contributed by atoms with Crippen LogP contribution in [-0.2, 0) is 20.1 Å². The molecule has 2 unspecified atom stereocenters. The quantitative estimate of drug-likeness (QED) is 0.151. The third-order valence-corrected chi connectivity index (χ3v) is 9.40. The van der Waals surface area contributed by atoms with E-state index in [1.807, 2.05) is 36.5 Å². The van der Waals surface area contributed by atoms with E-state index < -0.39 is 11.4 Å². The molecule has 3 aliphatic rings. The Morgan fingerprint density at radius 1 is 0.860 bits per heavy atom. The van der Waals surface area contributed by atoms with Gasteiger partial charge in [-0.05, 0) is 79.3 Å². The first-order valence-electron chi connectivity index (χ1n) is 15.5. The Balaban J connectivity index is 0.910. The van der Waals surface area contributed by atoms with Gasteiger partial charge in [-0.1, -0.05) is 72.3 Å². The molecule has 6 nitrogen and oxygen atoms in total. The molecule has 2 aliphatic carbocycles. The molecule has 0 radical (unpaired) electrons. The Morgan fingerprint density at radius 2 is 1.63 bits per heavy atom. The lowest BCUT2D eigenvalue weighted by atomic mass is 9.85. The fraction of sp³-hybridized carbons (Fsp3) is 0.361. The van der Waals surface area contributed by atoms with Crippen molar-refractivity contribution >= 4 is 33.8 Å². The van der Waals surface area contributed by atoms with Crippen LogP contribution in [0.5, 0.6) is 0 Å². The van der Waals surface area contributed by atoms with Crippen LogP contribution in [0, 0.1) is 0 Å². The number of aromatic nitrogens is 1. The molecule has 43 heavy (non-hydrogen) atoms. The van der Waals surface area contributed by atoms with Crippen LogP contribution in [0.4, 0.5) is 5.69 Å². The molecule has 2 fully saturated rings. The predicted molar refractivity (Wildman–Crippen MR) is 172 cm³/mol. The maximum absolute atomic E-state index is 6.86. The molecule has 1 saturated heterocycles. The van der Waals surface area contributed by atoms with Crippen molar-refractivity contribution in [3.63, 3.8) is 0 Å². The zero-order valence-corrected chi connectivity index (χ0v) is 25.1. The van der Waals surface area contributed by atoms with Crippen LogP contribution in [0.2, 0.25) is 5.02 Å². The minimum atomic E-state index is -0.703. The van der Waals surface area contributed by atoms with Crippen LogP contribution < -0.4 is 10.6 Å². The topological polar surface area (TPSA) is 64.6 Å². The number of nitrogens with one attached hydrogen (secondary N) is 2. The van der Waals surface area contributed by atoms with Crippen LogP contribution in [0.3, 0.4) is 0 Å². The fourth-order valence-corrected chi connectivity index (χ4v) is 6.94. The number of anilines is 1. The van der Waals surface area contributed by atoms with Crippen molar-refractivity contribution in [1.82, 2.24) is 10.3 Å². The number of pyridine rings is 1. The van der Waals surface area contributed by atoms with E-state index in [9.17, 15) is 0 Å². The van der Waals surface area contributed by atoms with E-state index in [0.717, 1.165) is 73.8 Å².